The smallest absolute Gasteiger partial charge is 0.337 e. The van der Waals surface area contributed by atoms with Crippen molar-refractivity contribution in [1.82, 2.24) is 5.32 Å². The molecule has 132 valence electrons. The molecular formula is C19H21NO4S. The fourth-order valence-corrected chi connectivity index (χ4v) is 2.95. The number of benzene rings is 2. The highest BCUT2D eigenvalue weighted by Crippen LogP contribution is 2.21. The van der Waals surface area contributed by atoms with Crippen LogP contribution in [0.15, 0.2) is 53.4 Å². The molecule has 0 radical (unpaired) electrons. The molecule has 25 heavy (non-hydrogen) atoms. The van der Waals surface area contributed by atoms with Gasteiger partial charge in [-0.05, 0) is 42.0 Å². The summed E-state index contributed by atoms with van der Waals surface area (Å²) < 4.78 is 9.76. The van der Waals surface area contributed by atoms with Crippen molar-refractivity contribution in [3.8, 4) is 5.75 Å². The Balaban J connectivity index is 1.70. The van der Waals surface area contributed by atoms with Gasteiger partial charge < -0.3 is 14.8 Å². The molecule has 6 heteroatoms. The lowest BCUT2D eigenvalue weighted by molar-refractivity contribution is -0.120. The van der Waals surface area contributed by atoms with Crippen LogP contribution in [0.4, 0.5) is 0 Å². The summed E-state index contributed by atoms with van der Waals surface area (Å²) in [6.07, 6.45) is 0.441. The molecule has 0 spiro atoms. The van der Waals surface area contributed by atoms with Gasteiger partial charge in [-0.2, -0.15) is 0 Å². The molecule has 0 fully saturated rings. The Hall–Kier alpha value is -2.47. The Bertz CT molecular complexity index is 698. The van der Waals surface area contributed by atoms with Crippen molar-refractivity contribution in [3.63, 3.8) is 0 Å². The number of ether oxygens (including phenoxy) is 2. The Morgan fingerprint density at radius 2 is 1.68 bits per heavy atom. The Morgan fingerprint density at radius 3 is 2.28 bits per heavy atom. The van der Waals surface area contributed by atoms with Crippen LogP contribution >= 0.6 is 11.8 Å². The van der Waals surface area contributed by atoms with Crippen LogP contribution in [0.25, 0.3) is 0 Å². The summed E-state index contributed by atoms with van der Waals surface area (Å²) >= 11 is 1.63. The van der Waals surface area contributed by atoms with Gasteiger partial charge in [-0.1, -0.05) is 12.1 Å². The molecular weight excluding hydrogens is 338 g/mol. The van der Waals surface area contributed by atoms with Crippen molar-refractivity contribution in [1.29, 1.82) is 0 Å². The highest BCUT2D eigenvalue weighted by atomic mass is 32.2. The third kappa shape index (κ3) is 6.15. The normalized spacial score (nSPS) is 10.2. The van der Waals surface area contributed by atoms with E-state index in [0.717, 1.165) is 16.2 Å². The third-order valence-electron chi connectivity index (χ3n) is 3.52. The second-order valence-electron chi connectivity index (χ2n) is 5.24. The first kappa shape index (κ1) is 18.9. The fourth-order valence-electron chi connectivity index (χ4n) is 2.10. The number of rotatable bonds is 8. The summed E-state index contributed by atoms with van der Waals surface area (Å²) in [5, 5.41) is 2.88. The number of amides is 1. The highest BCUT2D eigenvalue weighted by Gasteiger charge is 2.06. The van der Waals surface area contributed by atoms with Crippen molar-refractivity contribution in [2.24, 2.45) is 0 Å². The summed E-state index contributed by atoms with van der Waals surface area (Å²) in [4.78, 5) is 24.4. The largest absolute Gasteiger partial charge is 0.497 e. The van der Waals surface area contributed by atoms with E-state index >= 15 is 0 Å². The van der Waals surface area contributed by atoms with Crippen LogP contribution in [0.5, 0.6) is 5.75 Å². The van der Waals surface area contributed by atoms with E-state index in [1.807, 2.05) is 24.3 Å². The second-order valence-corrected chi connectivity index (χ2v) is 6.41. The first-order chi connectivity index (χ1) is 12.1. The van der Waals surface area contributed by atoms with E-state index < -0.39 is 0 Å². The van der Waals surface area contributed by atoms with Crippen LogP contribution in [0.2, 0.25) is 0 Å². The van der Waals surface area contributed by atoms with E-state index in [0.29, 0.717) is 24.3 Å². The average Bonchev–Trinajstić information content (AvgIpc) is 2.66. The molecule has 2 rings (SSSR count). The number of hydrogen-bond acceptors (Lipinski definition) is 5. The predicted molar refractivity (Wildman–Crippen MR) is 98.0 cm³/mol. The topological polar surface area (TPSA) is 64.6 Å². The number of carbonyl (C=O) groups excluding carboxylic acids is 2. The number of carbonyl (C=O) groups is 2. The van der Waals surface area contributed by atoms with E-state index in [-0.39, 0.29) is 11.9 Å². The molecule has 0 saturated carbocycles. The zero-order chi connectivity index (χ0) is 18.1. The number of thioether (sulfide) groups is 1. The van der Waals surface area contributed by atoms with Crippen molar-refractivity contribution in [3.05, 3.63) is 59.7 Å². The van der Waals surface area contributed by atoms with Crippen LogP contribution in [0.3, 0.4) is 0 Å². The predicted octanol–water partition coefficient (Wildman–Crippen LogP) is 3.28. The van der Waals surface area contributed by atoms with Crippen LogP contribution in [0.1, 0.15) is 22.3 Å². The first-order valence-corrected chi connectivity index (χ1v) is 8.81. The molecule has 0 unspecified atom stereocenters. The van der Waals surface area contributed by atoms with Gasteiger partial charge in [-0.3, -0.25) is 4.79 Å². The van der Waals surface area contributed by atoms with E-state index in [2.05, 4.69) is 10.1 Å². The Labute approximate surface area is 151 Å². The minimum Gasteiger partial charge on any atom is -0.497 e. The lowest BCUT2D eigenvalue weighted by Crippen LogP contribution is -2.23. The number of hydrogen-bond donors (Lipinski definition) is 1. The highest BCUT2D eigenvalue weighted by molar-refractivity contribution is 7.99. The van der Waals surface area contributed by atoms with E-state index in [4.69, 9.17) is 4.74 Å². The number of methoxy groups -OCH3 is 2. The number of esters is 1. The maximum atomic E-state index is 11.9. The minimum atomic E-state index is -0.369. The van der Waals surface area contributed by atoms with E-state index in [9.17, 15) is 9.59 Å². The minimum absolute atomic E-state index is 0.00180. The Morgan fingerprint density at radius 1 is 1.00 bits per heavy atom. The molecule has 0 saturated heterocycles. The monoisotopic (exact) mass is 359 g/mol. The lowest BCUT2D eigenvalue weighted by atomic mass is 10.1. The fraction of sp³-hybridized carbons (Fsp3) is 0.263. The maximum absolute atomic E-state index is 11.9. The summed E-state index contributed by atoms with van der Waals surface area (Å²) in [5.74, 6) is 1.16. The molecule has 2 aromatic rings. The summed E-state index contributed by atoms with van der Waals surface area (Å²) in [7, 11) is 2.98. The van der Waals surface area contributed by atoms with E-state index in [1.54, 1.807) is 43.1 Å². The molecule has 0 aliphatic carbocycles. The average molecular weight is 359 g/mol. The molecule has 0 heterocycles. The van der Waals surface area contributed by atoms with Crippen molar-refractivity contribution in [2.75, 3.05) is 20.0 Å². The molecule has 0 aromatic heterocycles. The lowest BCUT2D eigenvalue weighted by Gasteiger charge is -2.07. The first-order valence-electron chi connectivity index (χ1n) is 7.83. The van der Waals surface area contributed by atoms with Gasteiger partial charge in [0.05, 0.1) is 19.8 Å². The van der Waals surface area contributed by atoms with Crippen molar-refractivity contribution in [2.45, 2.75) is 17.9 Å². The summed E-state index contributed by atoms with van der Waals surface area (Å²) in [5.41, 5.74) is 1.43. The molecule has 1 amide bonds. The van der Waals surface area contributed by atoms with Gasteiger partial charge in [0.25, 0.3) is 0 Å². The van der Waals surface area contributed by atoms with Crippen LogP contribution in [0, 0.1) is 0 Å². The SMILES string of the molecule is COC(=O)c1ccc(CNC(=O)CCSc2ccc(OC)cc2)cc1. The zero-order valence-corrected chi connectivity index (χ0v) is 15.1. The molecule has 1 N–H and O–H groups in total. The molecule has 0 bridgehead atoms. The Kier molecular flexibility index (Phi) is 7.35. The molecule has 5 nitrogen and oxygen atoms in total. The van der Waals surface area contributed by atoms with Crippen LogP contribution < -0.4 is 10.1 Å². The quantitative estimate of drug-likeness (QED) is 0.579. The summed E-state index contributed by atoms with van der Waals surface area (Å²) in [6, 6.07) is 14.7. The van der Waals surface area contributed by atoms with Gasteiger partial charge >= 0.3 is 5.97 Å². The third-order valence-corrected chi connectivity index (χ3v) is 4.54. The molecule has 0 aliphatic rings. The standard InChI is InChI=1S/C19H21NO4S/c1-23-16-7-9-17(10-8-16)25-12-11-18(21)20-13-14-3-5-15(6-4-14)19(22)24-2/h3-10H,11-13H2,1-2H3,(H,20,21). The van der Waals surface area contributed by atoms with Crippen LogP contribution in [-0.4, -0.2) is 31.8 Å². The molecule has 0 atom stereocenters. The van der Waals surface area contributed by atoms with Gasteiger partial charge in [0.1, 0.15) is 5.75 Å². The molecule has 0 aliphatic heterocycles. The van der Waals surface area contributed by atoms with Gasteiger partial charge in [-0.25, -0.2) is 4.79 Å². The van der Waals surface area contributed by atoms with Gasteiger partial charge in [0, 0.05) is 23.6 Å². The maximum Gasteiger partial charge on any atom is 0.337 e. The van der Waals surface area contributed by atoms with Gasteiger partial charge in [-0.15, -0.1) is 11.8 Å². The van der Waals surface area contributed by atoms with Gasteiger partial charge in [0.15, 0.2) is 0 Å². The van der Waals surface area contributed by atoms with Crippen molar-refractivity contribution < 1.29 is 19.1 Å². The summed E-state index contributed by atoms with van der Waals surface area (Å²) in [6.45, 7) is 0.438. The van der Waals surface area contributed by atoms with E-state index in [1.165, 1.54) is 7.11 Å². The second kappa shape index (κ2) is 9.74. The zero-order valence-electron chi connectivity index (χ0n) is 14.3. The van der Waals surface area contributed by atoms with Gasteiger partial charge in [0.2, 0.25) is 5.91 Å². The van der Waals surface area contributed by atoms with Crippen molar-refractivity contribution >= 4 is 23.6 Å². The molecule has 2 aromatic carbocycles. The van der Waals surface area contributed by atoms with Crippen LogP contribution in [-0.2, 0) is 16.1 Å². The number of nitrogens with one attached hydrogen (secondary N) is 1.